The Kier molecular flexibility index (Phi) is 5.70. The molecule has 0 saturated heterocycles. The van der Waals surface area contributed by atoms with Crippen molar-refractivity contribution in [3.8, 4) is 0 Å². The van der Waals surface area contributed by atoms with Crippen LogP contribution in [0.2, 0.25) is 0 Å². The van der Waals surface area contributed by atoms with E-state index in [0.29, 0.717) is 6.61 Å². The van der Waals surface area contributed by atoms with Gasteiger partial charge < -0.3 is 9.47 Å². The maximum atomic E-state index is 5.57. The van der Waals surface area contributed by atoms with Gasteiger partial charge in [-0.25, -0.2) is 0 Å². The summed E-state index contributed by atoms with van der Waals surface area (Å²) in [6.45, 7) is 3.03. The zero-order valence-electron chi connectivity index (χ0n) is 10.7. The molecule has 1 heterocycles. The predicted octanol–water partition coefficient (Wildman–Crippen LogP) is 3.15. The van der Waals surface area contributed by atoms with Crippen LogP contribution in [0.4, 0.5) is 0 Å². The average Bonchev–Trinajstić information content (AvgIpc) is 2.45. The van der Waals surface area contributed by atoms with Crippen LogP contribution in [0.5, 0.6) is 0 Å². The molecule has 0 saturated carbocycles. The molecule has 0 unspecified atom stereocenters. The van der Waals surface area contributed by atoms with Crippen molar-refractivity contribution in [1.82, 2.24) is 0 Å². The van der Waals surface area contributed by atoms with Gasteiger partial charge in [0.05, 0.1) is 26.4 Å². The molecular formula is C16H20O2. The highest BCUT2D eigenvalue weighted by Gasteiger charge is 1.98. The molecule has 2 nitrogen and oxygen atoms in total. The standard InChI is InChI=1S/C16H20O2/c1-2-6-15(7-3-1)10-13-17-11-4-8-16-9-5-12-18-14-16/h1-4,6-9H,5,10-14H2. The molecule has 0 atom stereocenters. The van der Waals surface area contributed by atoms with Crippen molar-refractivity contribution in [1.29, 1.82) is 0 Å². The van der Waals surface area contributed by atoms with Crippen LogP contribution in [0.25, 0.3) is 0 Å². The summed E-state index contributed by atoms with van der Waals surface area (Å²) in [5.41, 5.74) is 2.58. The third-order valence-electron chi connectivity index (χ3n) is 2.86. The molecule has 18 heavy (non-hydrogen) atoms. The van der Waals surface area contributed by atoms with Crippen LogP contribution in [-0.2, 0) is 15.9 Å². The first kappa shape index (κ1) is 13.1. The molecule has 2 rings (SSSR count). The highest BCUT2D eigenvalue weighted by atomic mass is 16.5. The fourth-order valence-electron chi connectivity index (χ4n) is 1.88. The lowest BCUT2D eigenvalue weighted by Gasteiger charge is -2.09. The van der Waals surface area contributed by atoms with Gasteiger partial charge in [-0.05, 0) is 24.0 Å². The van der Waals surface area contributed by atoms with E-state index in [0.717, 1.165) is 32.7 Å². The van der Waals surface area contributed by atoms with E-state index in [1.165, 1.54) is 11.1 Å². The van der Waals surface area contributed by atoms with Gasteiger partial charge in [-0.2, -0.15) is 0 Å². The molecule has 0 bridgehead atoms. The number of rotatable bonds is 6. The Morgan fingerprint density at radius 2 is 2.11 bits per heavy atom. The zero-order chi connectivity index (χ0) is 12.5. The second-order valence-corrected chi connectivity index (χ2v) is 4.33. The lowest BCUT2D eigenvalue weighted by molar-refractivity contribution is 0.152. The molecule has 96 valence electrons. The fraction of sp³-hybridized carbons (Fsp3) is 0.375. The molecule has 2 heteroatoms. The molecular weight excluding hydrogens is 224 g/mol. The molecule has 0 aromatic heterocycles. The van der Waals surface area contributed by atoms with Crippen LogP contribution in [0.1, 0.15) is 12.0 Å². The van der Waals surface area contributed by atoms with Crippen molar-refractivity contribution in [2.24, 2.45) is 0 Å². The van der Waals surface area contributed by atoms with Crippen LogP contribution in [-0.4, -0.2) is 26.4 Å². The van der Waals surface area contributed by atoms with Crippen molar-refractivity contribution in [2.75, 3.05) is 26.4 Å². The lowest BCUT2D eigenvalue weighted by Crippen LogP contribution is -2.04. The quantitative estimate of drug-likeness (QED) is 0.716. The van der Waals surface area contributed by atoms with E-state index in [1.807, 2.05) is 6.07 Å². The summed E-state index contributed by atoms with van der Waals surface area (Å²) >= 11 is 0. The number of hydrogen-bond donors (Lipinski definition) is 0. The minimum absolute atomic E-state index is 0.671. The Morgan fingerprint density at radius 1 is 1.22 bits per heavy atom. The van der Waals surface area contributed by atoms with Crippen molar-refractivity contribution < 1.29 is 9.47 Å². The first-order chi connectivity index (χ1) is 8.95. The van der Waals surface area contributed by atoms with Gasteiger partial charge in [-0.3, -0.25) is 0 Å². The molecule has 0 spiro atoms. The molecule has 0 aliphatic carbocycles. The number of ether oxygens (including phenoxy) is 2. The van der Waals surface area contributed by atoms with Crippen molar-refractivity contribution in [3.05, 3.63) is 59.7 Å². The Labute approximate surface area is 109 Å². The first-order valence-electron chi connectivity index (χ1n) is 6.50. The predicted molar refractivity (Wildman–Crippen MR) is 73.6 cm³/mol. The SMILES string of the molecule is C(=CC1=CCCOC1)COCCc1ccccc1. The normalized spacial score (nSPS) is 15.9. The van der Waals surface area contributed by atoms with Crippen LogP contribution >= 0.6 is 0 Å². The molecule has 0 fully saturated rings. The van der Waals surface area contributed by atoms with E-state index in [4.69, 9.17) is 9.47 Å². The summed E-state index contributed by atoms with van der Waals surface area (Å²) in [4.78, 5) is 0. The Balaban J connectivity index is 1.58. The second kappa shape index (κ2) is 7.85. The Morgan fingerprint density at radius 3 is 2.89 bits per heavy atom. The van der Waals surface area contributed by atoms with Crippen molar-refractivity contribution in [3.63, 3.8) is 0 Å². The third-order valence-corrected chi connectivity index (χ3v) is 2.86. The van der Waals surface area contributed by atoms with Crippen molar-refractivity contribution in [2.45, 2.75) is 12.8 Å². The molecule has 0 radical (unpaired) electrons. The number of hydrogen-bond acceptors (Lipinski definition) is 2. The lowest BCUT2D eigenvalue weighted by atomic mass is 10.2. The molecule has 1 aliphatic heterocycles. The third kappa shape index (κ3) is 4.86. The van der Waals surface area contributed by atoms with Gasteiger partial charge in [0.1, 0.15) is 0 Å². The summed E-state index contributed by atoms with van der Waals surface area (Å²) in [6, 6.07) is 10.4. The summed E-state index contributed by atoms with van der Waals surface area (Å²) in [6.07, 6.45) is 8.38. The molecule has 1 aromatic carbocycles. The Bertz CT molecular complexity index is 393. The minimum Gasteiger partial charge on any atom is -0.377 e. The largest absolute Gasteiger partial charge is 0.377 e. The monoisotopic (exact) mass is 244 g/mol. The van der Waals surface area contributed by atoms with Crippen LogP contribution in [0.15, 0.2) is 54.1 Å². The minimum atomic E-state index is 0.671. The summed E-state index contributed by atoms with van der Waals surface area (Å²) < 4.78 is 10.9. The zero-order valence-corrected chi connectivity index (χ0v) is 10.7. The average molecular weight is 244 g/mol. The maximum Gasteiger partial charge on any atom is 0.0713 e. The molecule has 0 N–H and O–H groups in total. The molecule has 0 amide bonds. The topological polar surface area (TPSA) is 18.5 Å². The van der Waals surface area contributed by atoms with Crippen LogP contribution in [0, 0.1) is 0 Å². The second-order valence-electron chi connectivity index (χ2n) is 4.33. The fourth-order valence-corrected chi connectivity index (χ4v) is 1.88. The van der Waals surface area contributed by atoms with Gasteiger partial charge in [-0.1, -0.05) is 48.6 Å². The maximum absolute atomic E-state index is 5.57. The van der Waals surface area contributed by atoms with Gasteiger partial charge in [-0.15, -0.1) is 0 Å². The molecule has 1 aliphatic rings. The first-order valence-corrected chi connectivity index (χ1v) is 6.50. The smallest absolute Gasteiger partial charge is 0.0713 e. The van der Waals surface area contributed by atoms with E-state index in [-0.39, 0.29) is 0 Å². The highest BCUT2D eigenvalue weighted by molar-refractivity contribution is 5.20. The summed E-state index contributed by atoms with van der Waals surface area (Å²) in [5, 5.41) is 0. The highest BCUT2D eigenvalue weighted by Crippen LogP contribution is 2.06. The van der Waals surface area contributed by atoms with Crippen molar-refractivity contribution >= 4 is 0 Å². The van der Waals surface area contributed by atoms with E-state index in [1.54, 1.807) is 0 Å². The van der Waals surface area contributed by atoms with Crippen LogP contribution in [0.3, 0.4) is 0 Å². The van der Waals surface area contributed by atoms with E-state index in [9.17, 15) is 0 Å². The molecule has 1 aromatic rings. The number of benzene rings is 1. The van der Waals surface area contributed by atoms with Crippen LogP contribution < -0.4 is 0 Å². The van der Waals surface area contributed by atoms with Gasteiger partial charge in [0.15, 0.2) is 0 Å². The summed E-state index contributed by atoms with van der Waals surface area (Å²) in [7, 11) is 0. The van der Waals surface area contributed by atoms with E-state index >= 15 is 0 Å². The van der Waals surface area contributed by atoms with Gasteiger partial charge in [0.2, 0.25) is 0 Å². The van der Waals surface area contributed by atoms with E-state index < -0.39 is 0 Å². The van der Waals surface area contributed by atoms with Gasteiger partial charge >= 0.3 is 0 Å². The van der Waals surface area contributed by atoms with Gasteiger partial charge in [0.25, 0.3) is 0 Å². The Hall–Kier alpha value is -1.38. The summed E-state index contributed by atoms with van der Waals surface area (Å²) in [5.74, 6) is 0. The van der Waals surface area contributed by atoms with Gasteiger partial charge in [0, 0.05) is 0 Å². The van der Waals surface area contributed by atoms with E-state index in [2.05, 4.69) is 42.5 Å².